The molecule has 2 nitrogen and oxygen atoms in total. The Balaban J connectivity index is 2.33. The van der Waals surface area contributed by atoms with Crippen LogP contribution >= 0.6 is 0 Å². The molecule has 0 saturated carbocycles. The quantitative estimate of drug-likeness (QED) is 0.465. The molecule has 0 amide bonds. The van der Waals surface area contributed by atoms with Crippen LogP contribution in [0.1, 0.15) is 12.8 Å². The smallest absolute Gasteiger partial charge is 0.107 e. The van der Waals surface area contributed by atoms with E-state index in [1.165, 1.54) is 0 Å². The zero-order valence-corrected chi connectivity index (χ0v) is 4.59. The van der Waals surface area contributed by atoms with Crippen molar-refractivity contribution in [3.63, 3.8) is 0 Å². The molecule has 1 fully saturated rings. The van der Waals surface area contributed by atoms with Gasteiger partial charge >= 0.3 is 0 Å². The topological polar surface area (TPSA) is 23.5 Å². The van der Waals surface area contributed by atoms with E-state index in [9.17, 15) is 0 Å². The molecule has 1 N–H and O–H groups in total. The van der Waals surface area contributed by atoms with Crippen molar-refractivity contribution < 1.29 is 5.11 Å². The normalized spacial score (nSPS) is 34.3. The Kier molecular flexibility index (Phi) is 1.30. The molecule has 1 atom stereocenters. The van der Waals surface area contributed by atoms with Gasteiger partial charge in [-0.2, -0.15) is 0 Å². The Morgan fingerprint density at radius 1 is 1.71 bits per heavy atom. The SMILES string of the molecule is CN1CCC[C@H]1O. The summed E-state index contributed by atoms with van der Waals surface area (Å²) >= 11 is 0. The standard InChI is InChI=1S/C5H11NO/c1-6-4-2-3-5(6)7/h5,7H,2-4H2,1H3/t5-/m1/s1. The number of nitrogens with zero attached hydrogens (tertiary/aromatic N) is 1. The van der Waals surface area contributed by atoms with Crippen LogP contribution in [0.15, 0.2) is 0 Å². The predicted octanol–water partition coefficient (Wildman–Crippen LogP) is 0.0304. The summed E-state index contributed by atoms with van der Waals surface area (Å²) in [7, 11) is 1.94. The van der Waals surface area contributed by atoms with Gasteiger partial charge in [-0.15, -0.1) is 0 Å². The van der Waals surface area contributed by atoms with Crippen molar-refractivity contribution >= 4 is 0 Å². The lowest BCUT2D eigenvalue weighted by Crippen LogP contribution is -2.23. The first kappa shape index (κ1) is 5.06. The Bertz CT molecular complexity index is 57.1. The van der Waals surface area contributed by atoms with Crippen LogP contribution in [0.2, 0.25) is 0 Å². The number of aliphatic hydroxyl groups is 1. The van der Waals surface area contributed by atoms with Crippen molar-refractivity contribution in [1.29, 1.82) is 0 Å². The van der Waals surface area contributed by atoms with E-state index in [1.807, 2.05) is 11.9 Å². The highest BCUT2D eigenvalue weighted by molar-refractivity contribution is 4.64. The van der Waals surface area contributed by atoms with Crippen LogP contribution in [0.5, 0.6) is 0 Å². The molecule has 2 heteroatoms. The second-order valence-corrected chi connectivity index (χ2v) is 2.10. The van der Waals surface area contributed by atoms with Crippen molar-refractivity contribution in [3.8, 4) is 0 Å². The van der Waals surface area contributed by atoms with Gasteiger partial charge in [-0.1, -0.05) is 0 Å². The van der Waals surface area contributed by atoms with Gasteiger partial charge < -0.3 is 5.11 Å². The summed E-state index contributed by atoms with van der Waals surface area (Å²) in [4.78, 5) is 1.96. The highest BCUT2D eigenvalue weighted by atomic mass is 16.3. The van der Waals surface area contributed by atoms with E-state index in [0.717, 1.165) is 19.4 Å². The van der Waals surface area contributed by atoms with E-state index in [4.69, 9.17) is 5.11 Å². The molecule has 0 radical (unpaired) electrons. The van der Waals surface area contributed by atoms with Gasteiger partial charge in [0.1, 0.15) is 6.23 Å². The second-order valence-electron chi connectivity index (χ2n) is 2.10. The molecule has 0 aromatic rings. The van der Waals surface area contributed by atoms with Crippen LogP contribution in [0.25, 0.3) is 0 Å². The summed E-state index contributed by atoms with van der Waals surface area (Å²) in [5, 5.41) is 8.92. The van der Waals surface area contributed by atoms with E-state index in [2.05, 4.69) is 0 Å². The fraction of sp³-hybridized carbons (Fsp3) is 1.00. The Hall–Kier alpha value is -0.0800. The lowest BCUT2D eigenvalue weighted by molar-refractivity contribution is 0.0574. The molecular formula is C5H11NO. The third-order valence-corrected chi connectivity index (χ3v) is 1.48. The second kappa shape index (κ2) is 1.80. The van der Waals surface area contributed by atoms with Gasteiger partial charge in [0, 0.05) is 6.54 Å². The van der Waals surface area contributed by atoms with Gasteiger partial charge in [0.05, 0.1) is 0 Å². The van der Waals surface area contributed by atoms with Crippen LogP contribution in [-0.2, 0) is 0 Å². The van der Waals surface area contributed by atoms with Crippen LogP contribution < -0.4 is 0 Å². The van der Waals surface area contributed by atoms with Crippen LogP contribution in [0, 0.1) is 0 Å². The first-order chi connectivity index (χ1) is 3.30. The maximum absolute atomic E-state index is 8.92. The highest BCUT2D eigenvalue weighted by Crippen LogP contribution is 2.10. The predicted molar refractivity (Wildman–Crippen MR) is 27.9 cm³/mol. The average Bonchev–Trinajstić information content (AvgIpc) is 1.91. The van der Waals surface area contributed by atoms with Gasteiger partial charge in [0.15, 0.2) is 0 Å². The number of aliphatic hydroxyl groups excluding tert-OH is 1. The van der Waals surface area contributed by atoms with E-state index in [1.54, 1.807) is 0 Å². The molecule has 1 aliphatic heterocycles. The summed E-state index contributed by atoms with van der Waals surface area (Å²) in [6, 6.07) is 0. The summed E-state index contributed by atoms with van der Waals surface area (Å²) in [5.74, 6) is 0. The Morgan fingerprint density at radius 3 is 2.57 bits per heavy atom. The number of rotatable bonds is 0. The minimum absolute atomic E-state index is 0.153. The van der Waals surface area contributed by atoms with E-state index in [-0.39, 0.29) is 6.23 Å². The first-order valence-corrected chi connectivity index (χ1v) is 2.69. The maximum atomic E-state index is 8.92. The molecule has 1 rings (SSSR count). The van der Waals surface area contributed by atoms with Crippen LogP contribution in [0.3, 0.4) is 0 Å². The van der Waals surface area contributed by atoms with Crippen molar-refractivity contribution in [2.24, 2.45) is 0 Å². The lowest BCUT2D eigenvalue weighted by atomic mass is 10.4. The number of hydrogen-bond donors (Lipinski definition) is 1. The van der Waals surface area contributed by atoms with Crippen molar-refractivity contribution in [3.05, 3.63) is 0 Å². The Labute approximate surface area is 43.7 Å². The molecule has 0 aromatic carbocycles. The largest absolute Gasteiger partial charge is 0.378 e. The molecule has 7 heavy (non-hydrogen) atoms. The molecule has 0 bridgehead atoms. The number of likely N-dealkylation sites (tertiary alicyclic amines) is 1. The zero-order valence-electron chi connectivity index (χ0n) is 4.59. The Morgan fingerprint density at radius 2 is 2.43 bits per heavy atom. The van der Waals surface area contributed by atoms with Gasteiger partial charge in [-0.25, -0.2) is 0 Å². The summed E-state index contributed by atoms with van der Waals surface area (Å²) in [5.41, 5.74) is 0. The molecule has 1 heterocycles. The molecule has 0 aliphatic carbocycles. The molecule has 0 spiro atoms. The lowest BCUT2D eigenvalue weighted by Gasteiger charge is -2.10. The third kappa shape index (κ3) is 0.924. The van der Waals surface area contributed by atoms with E-state index < -0.39 is 0 Å². The molecule has 0 unspecified atom stereocenters. The van der Waals surface area contributed by atoms with Gasteiger partial charge in [0.25, 0.3) is 0 Å². The fourth-order valence-electron chi connectivity index (χ4n) is 0.893. The van der Waals surface area contributed by atoms with Crippen molar-refractivity contribution in [1.82, 2.24) is 4.90 Å². The maximum Gasteiger partial charge on any atom is 0.107 e. The van der Waals surface area contributed by atoms with Crippen molar-refractivity contribution in [2.45, 2.75) is 19.1 Å². The fourth-order valence-corrected chi connectivity index (χ4v) is 0.893. The van der Waals surface area contributed by atoms with Crippen LogP contribution in [-0.4, -0.2) is 29.8 Å². The summed E-state index contributed by atoms with van der Waals surface area (Å²) in [6.07, 6.45) is 1.95. The highest BCUT2D eigenvalue weighted by Gasteiger charge is 2.16. The van der Waals surface area contributed by atoms with Gasteiger partial charge in [-0.05, 0) is 19.9 Å². The molecular weight excluding hydrogens is 90.1 g/mol. The van der Waals surface area contributed by atoms with Crippen LogP contribution in [0.4, 0.5) is 0 Å². The molecule has 0 aromatic heterocycles. The summed E-state index contributed by atoms with van der Waals surface area (Å²) < 4.78 is 0. The van der Waals surface area contributed by atoms with Gasteiger partial charge in [-0.3, -0.25) is 4.90 Å². The number of hydrogen-bond acceptors (Lipinski definition) is 2. The van der Waals surface area contributed by atoms with E-state index in [0.29, 0.717) is 0 Å². The average molecular weight is 101 g/mol. The molecule has 1 saturated heterocycles. The third-order valence-electron chi connectivity index (χ3n) is 1.48. The minimum atomic E-state index is -0.153. The first-order valence-electron chi connectivity index (χ1n) is 2.69. The zero-order chi connectivity index (χ0) is 5.28. The molecule has 42 valence electrons. The monoisotopic (exact) mass is 101 g/mol. The van der Waals surface area contributed by atoms with Gasteiger partial charge in [0.2, 0.25) is 0 Å². The molecule has 1 aliphatic rings. The van der Waals surface area contributed by atoms with Crippen molar-refractivity contribution in [2.75, 3.05) is 13.6 Å². The minimum Gasteiger partial charge on any atom is -0.378 e. The van der Waals surface area contributed by atoms with E-state index >= 15 is 0 Å². The summed E-state index contributed by atoms with van der Waals surface area (Å²) in [6.45, 7) is 1.06.